The molecular formula is C56H35N3. The van der Waals surface area contributed by atoms with Crippen LogP contribution in [0.15, 0.2) is 212 Å². The van der Waals surface area contributed by atoms with Crippen molar-refractivity contribution in [3.63, 3.8) is 0 Å². The highest BCUT2D eigenvalue weighted by atomic mass is 15.0. The summed E-state index contributed by atoms with van der Waals surface area (Å²) >= 11 is 0. The van der Waals surface area contributed by atoms with Crippen LogP contribution in [0.3, 0.4) is 0 Å². The molecule has 0 unspecified atom stereocenters. The molecule has 0 saturated heterocycles. The quantitative estimate of drug-likeness (QED) is 0.164. The number of para-hydroxylation sites is 1. The predicted octanol–water partition coefficient (Wildman–Crippen LogP) is 14.9. The molecule has 2 heterocycles. The highest BCUT2D eigenvalue weighted by molar-refractivity contribution is 6.29. The highest BCUT2D eigenvalue weighted by Crippen LogP contribution is 2.43. The zero-order valence-corrected chi connectivity index (χ0v) is 32.0. The number of nitrogens with zero attached hydrogens (tertiary/aromatic N) is 3. The molecule has 59 heavy (non-hydrogen) atoms. The second kappa shape index (κ2) is 13.4. The molecule has 2 aromatic heterocycles. The number of rotatable bonds is 5. The van der Waals surface area contributed by atoms with Gasteiger partial charge in [-0.2, -0.15) is 0 Å². The van der Waals surface area contributed by atoms with E-state index in [2.05, 4.69) is 193 Å². The van der Waals surface area contributed by atoms with Crippen LogP contribution >= 0.6 is 0 Å². The Morgan fingerprint density at radius 2 is 0.898 bits per heavy atom. The fourth-order valence-electron chi connectivity index (χ4n) is 9.20. The number of benzene rings is 10. The third kappa shape index (κ3) is 5.44. The predicted molar refractivity (Wildman–Crippen MR) is 248 cm³/mol. The molecule has 12 rings (SSSR count). The van der Waals surface area contributed by atoms with Crippen LogP contribution in [0.4, 0.5) is 0 Å². The van der Waals surface area contributed by atoms with E-state index in [1.54, 1.807) is 0 Å². The zero-order chi connectivity index (χ0) is 38.9. The van der Waals surface area contributed by atoms with E-state index < -0.39 is 0 Å². The van der Waals surface area contributed by atoms with Crippen molar-refractivity contribution in [3.8, 4) is 50.7 Å². The lowest BCUT2D eigenvalue weighted by Crippen LogP contribution is -1.97. The largest absolute Gasteiger partial charge is 0.309 e. The van der Waals surface area contributed by atoms with Crippen molar-refractivity contribution in [2.75, 3.05) is 0 Å². The van der Waals surface area contributed by atoms with Crippen LogP contribution in [-0.4, -0.2) is 14.5 Å². The van der Waals surface area contributed by atoms with Crippen molar-refractivity contribution < 1.29 is 0 Å². The molecule has 0 spiro atoms. The van der Waals surface area contributed by atoms with Gasteiger partial charge in [0, 0.05) is 33.2 Å². The van der Waals surface area contributed by atoms with E-state index in [1.807, 2.05) is 24.3 Å². The first-order valence-electron chi connectivity index (χ1n) is 20.2. The van der Waals surface area contributed by atoms with E-state index in [0.29, 0.717) is 5.82 Å². The zero-order valence-electron chi connectivity index (χ0n) is 32.0. The van der Waals surface area contributed by atoms with Gasteiger partial charge in [0.2, 0.25) is 0 Å². The molecule has 3 heteroatoms. The second-order valence-corrected chi connectivity index (χ2v) is 15.3. The normalized spacial score (nSPS) is 11.7. The van der Waals surface area contributed by atoms with Gasteiger partial charge in [0.15, 0.2) is 5.82 Å². The third-order valence-electron chi connectivity index (χ3n) is 12.0. The fourth-order valence-corrected chi connectivity index (χ4v) is 9.20. The minimum atomic E-state index is 0.712. The lowest BCUT2D eigenvalue weighted by atomic mass is 9.89. The van der Waals surface area contributed by atoms with E-state index in [-0.39, 0.29) is 0 Å². The fraction of sp³-hybridized carbons (Fsp3) is 0. The minimum Gasteiger partial charge on any atom is -0.309 e. The molecule has 0 aliphatic rings. The van der Waals surface area contributed by atoms with Crippen molar-refractivity contribution in [2.24, 2.45) is 0 Å². The van der Waals surface area contributed by atoms with E-state index in [1.165, 1.54) is 76.0 Å². The van der Waals surface area contributed by atoms with Gasteiger partial charge < -0.3 is 4.57 Å². The SMILES string of the molecule is c1ccc(-c2cc(-c3cccc4c5ccccc5c5cc(-c6ccc7c(c6)c6ccccc6n7-c6ccc7ccccc7c6)ccc5c34)nc(-c3ccccc3)n2)cc1. The van der Waals surface area contributed by atoms with Crippen LogP contribution < -0.4 is 0 Å². The monoisotopic (exact) mass is 749 g/mol. The summed E-state index contributed by atoms with van der Waals surface area (Å²) in [6.07, 6.45) is 0. The standard InChI is InChI=1S/C56H35N3/c1-3-15-37(16-4-1)51-35-52(58-56(57-51)38-17-5-2-6-18-38)48-24-13-23-46-43-20-9-10-21-44(43)49-33-40(27-30-47(49)55(46)48)41-28-31-54-50(34-41)45-22-11-12-25-53(45)59(54)42-29-26-36-14-7-8-19-39(36)32-42/h1-35H. The van der Waals surface area contributed by atoms with Gasteiger partial charge in [0.25, 0.3) is 0 Å². The highest BCUT2D eigenvalue weighted by Gasteiger charge is 2.18. The van der Waals surface area contributed by atoms with Gasteiger partial charge in [-0.25, -0.2) is 9.97 Å². The van der Waals surface area contributed by atoms with Crippen LogP contribution in [0.25, 0.3) is 116 Å². The lowest BCUT2D eigenvalue weighted by molar-refractivity contribution is 1.19. The summed E-state index contributed by atoms with van der Waals surface area (Å²) in [7, 11) is 0. The summed E-state index contributed by atoms with van der Waals surface area (Å²) in [5.74, 6) is 0.712. The molecule has 0 aliphatic heterocycles. The van der Waals surface area contributed by atoms with Gasteiger partial charge in [0.05, 0.1) is 22.4 Å². The van der Waals surface area contributed by atoms with Gasteiger partial charge in [-0.1, -0.05) is 170 Å². The molecule has 274 valence electrons. The molecule has 0 bridgehead atoms. The third-order valence-corrected chi connectivity index (χ3v) is 12.0. The summed E-state index contributed by atoms with van der Waals surface area (Å²) in [6.45, 7) is 0. The molecule has 0 N–H and O–H groups in total. The van der Waals surface area contributed by atoms with Crippen LogP contribution in [0.1, 0.15) is 0 Å². The van der Waals surface area contributed by atoms with Gasteiger partial charge in [-0.15, -0.1) is 0 Å². The first kappa shape index (κ1) is 33.3. The topological polar surface area (TPSA) is 30.7 Å². The Labute approximate surface area is 341 Å². The average Bonchev–Trinajstić information content (AvgIpc) is 3.65. The Bertz CT molecular complexity index is 3550. The average molecular weight is 750 g/mol. The van der Waals surface area contributed by atoms with Crippen LogP contribution in [0, 0.1) is 0 Å². The minimum absolute atomic E-state index is 0.712. The maximum atomic E-state index is 5.28. The molecular weight excluding hydrogens is 715 g/mol. The van der Waals surface area contributed by atoms with Crippen LogP contribution in [0.2, 0.25) is 0 Å². The van der Waals surface area contributed by atoms with Gasteiger partial charge in [0.1, 0.15) is 0 Å². The first-order chi connectivity index (χ1) is 29.2. The Morgan fingerprint density at radius 1 is 0.305 bits per heavy atom. The molecule has 12 aromatic rings. The summed E-state index contributed by atoms with van der Waals surface area (Å²) in [4.78, 5) is 10.4. The maximum absolute atomic E-state index is 5.28. The van der Waals surface area contributed by atoms with Crippen molar-refractivity contribution >= 4 is 64.9 Å². The maximum Gasteiger partial charge on any atom is 0.160 e. The number of hydrogen-bond acceptors (Lipinski definition) is 2. The van der Waals surface area contributed by atoms with E-state index in [9.17, 15) is 0 Å². The van der Waals surface area contributed by atoms with Crippen LogP contribution in [-0.2, 0) is 0 Å². The van der Waals surface area contributed by atoms with Crippen molar-refractivity contribution in [1.29, 1.82) is 0 Å². The van der Waals surface area contributed by atoms with Crippen molar-refractivity contribution in [1.82, 2.24) is 14.5 Å². The van der Waals surface area contributed by atoms with Crippen LogP contribution in [0.5, 0.6) is 0 Å². The Balaban J connectivity index is 1.07. The van der Waals surface area contributed by atoms with E-state index >= 15 is 0 Å². The second-order valence-electron chi connectivity index (χ2n) is 15.3. The van der Waals surface area contributed by atoms with Crippen molar-refractivity contribution in [3.05, 3.63) is 212 Å². The van der Waals surface area contributed by atoms with E-state index in [4.69, 9.17) is 9.97 Å². The molecule has 0 aliphatic carbocycles. The molecule has 0 atom stereocenters. The van der Waals surface area contributed by atoms with E-state index in [0.717, 1.165) is 33.8 Å². The lowest BCUT2D eigenvalue weighted by Gasteiger charge is -2.16. The summed E-state index contributed by atoms with van der Waals surface area (Å²) < 4.78 is 2.40. The number of hydrogen-bond donors (Lipinski definition) is 0. The summed E-state index contributed by atoms with van der Waals surface area (Å²) in [6, 6.07) is 76.4. The molecule has 0 saturated carbocycles. The van der Waals surface area contributed by atoms with Crippen molar-refractivity contribution in [2.45, 2.75) is 0 Å². The van der Waals surface area contributed by atoms with Gasteiger partial charge in [-0.05, 0) is 96.7 Å². The molecule has 10 aromatic carbocycles. The van der Waals surface area contributed by atoms with Gasteiger partial charge >= 0.3 is 0 Å². The molecule has 0 radical (unpaired) electrons. The first-order valence-corrected chi connectivity index (χ1v) is 20.2. The smallest absolute Gasteiger partial charge is 0.160 e. The number of aromatic nitrogens is 3. The summed E-state index contributed by atoms with van der Waals surface area (Å²) in [5, 5.41) is 12.3. The Morgan fingerprint density at radius 3 is 1.71 bits per heavy atom. The number of fused-ring (bicyclic) bond motifs is 10. The molecule has 0 amide bonds. The molecule has 3 nitrogen and oxygen atoms in total. The summed E-state index contributed by atoms with van der Waals surface area (Å²) in [5.41, 5.74) is 10.9. The Kier molecular flexibility index (Phi) is 7.54. The Hall–Kier alpha value is -7.88. The van der Waals surface area contributed by atoms with Gasteiger partial charge in [-0.3, -0.25) is 0 Å². The molecule has 0 fully saturated rings.